The number of aromatic amines is 5. The Hall–Kier alpha value is -10.1. The van der Waals surface area contributed by atoms with Gasteiger partial charge in [0, 0.05) is 135 Å². The summed E-state index contributed by atoms with van der Waals surface area (Å²) in [5.41, 5.74) is 15.2. The average Bonchev–Trinajstić information content (AvgIpc) is 1.67. The van der Waals surface area contributed by atoms with Crippen molar-refractivity contribution in [2.24, 2.45) is 9.64 Å². The Kier molecular flexibility index (Phi) is 27.0. The Morgan fingerprint density at radius 1 is 0.526 bits per heavy atom. The summed E-state index contributed by atoms with van der Waals surface area (Å²) in [4.78, 5) is 87.3. The van der Waals surface area contributed by atoms with Gasteiger partial charge in [-0.3, -0.25) is 49.9 Å². The zero-order valence-electron chi connectivity index (χ0n) is 52.0. The van der Waals surface area contributed by atoms with Crippen molar-refractivity contribution in [3.05, 3.63) is 221 Å². The van der Waals surface area contributed by atoms with E-state index >= 15 is 0 Å². The summed E-state index contributed by atoms with van der Waals surface area (Å²) in [6.45, 7) is 10.9. The van der Waals surface area contributed by atoms with E-state index < -0.39 is 18.1 Å². The normalized spacial score (nSPS) is 10.4. The van der Waals surface area contributed by atoms with Gasteiger partial charge in [-0.2, -0.15) is 13.2 Å². The van der Waals surface area contributed by atoms with Gasteiger partial charge in [0.25, 0.3) is 17.3 Å². The molecular weight excluding hydrogens is 1420 g/mol. The van der Waals surface area contributed by atoms with Crippen molar-refractivity contribution >= 4 is 185 Å². The van der Waals surface area contributed by atoms with Gasteiger partial charge >= 0.3 is 66.5 Å². The number of fused-ring (bicyclic) bond motifs is 15. The molecule has 7 N–H and O–H groups in total. The number of rotatable bonds is 3. The molecule has 0 aliphatic carbocycles. The van der Waals surface area contributed by atoms with E-state index in [9.17, 15) is 33.4 Å². The summed E-state index contributed by atoms with van der Waals surface area (Å²) < 4.78 is 36.6. The predicted molar refractivity (Wildman–Crippen MR) is 371 cm³/mol. The molecular formula is C64H52BBr2F3N14NaO11S. The van der Waals surface area contributed by atoms with Gasteiger partial charge in [0.2, 0.25) is 0 Å². The van der Waals surface area contributed by atoms with E-state index in [0.717, 1.165) is 110 Å². The van der Waals surface area contributed by atoms with Crippen molar-refractivity contribution in [3.8, 4) is 0 Å². The molecule has 15 rings (SSSR count). The number of aryl methyl sites for hydroxylation is 5. The molecule has 0 aliphatic heterocycles. The van der Waals surface area contributed by atoms with E-state index in [4.69, 9.17) is 30.0 Å². The fraction of sp³-hybridized carbons (Fsp3) is 0.109. The van der Waals surface area contributed by atoms with Gasteiger partial charge in [0.1, 0.15) is 10.9 Å². The molecule has 0 amide bonds. The third-order valence-corrected chi connectivity index (χ3v) is 15.2. The minimum atomic E-state index is -5.08. The number of non-ortho nitro benzene ring substituents is 2. The second-order valence-corrected chi connectivity index (χ2v) is 22.1. The molecule has 0 fully saturated rings. The van der Waals surface area contributed by atoms with Gasteiger partial charge in [0.15, 0.2) is 0 Å². The number of alkyl halides is 3. The van der Waals surface area contributed by atoms with Gasteiger partial charge in [-0.25, -0.2) is 4.79 Å². The Morgan fingerprint density at radius 2 is 0.856 bits per heavy atom. The first-order valence-electron chi connectivity index (χ1n) is 27.8. The molecule has 0 saturated carbocycles. The maximum atomic E-state index is 10.9. The molecule has 1 radical (unpaired) electrons. The average molecular weight is 1480 g/mol. The maximum absolute atomic E-state index is 10.9. The molecule has 0 unspecified atom stereocenters. The standard InChI is InChI=1S/2C12H9BrN2.2C12H9N3O2.C12H10N2.C2HF3O2.C2H4O2.BHNS.HNO3.Na/c1-7-12-9(4-5-14-7)10-6-8(13)2-3-11(10)15-12;1-7-11-9(5-6-14-7)8-3-2-4-10(13)12(8)15-11;1-7-12-9(4-5-13-7)10-6-8(15(16)17)2-3-11(10)14-12;1-7-11-9(5-6-13-7)8-3-2-4-10(15(16)17)12(8)14-11;1-8-12-10(6-7-13-8)9-4-2-3-5-11(9)14-12;3-2(4,5)1(6)7;1-2(3)4;1-2-3;2-1-4-3;/h2*2-6,15H,1H3;2*2-6,14H,1H3;2-7,14H,1H3;(H,6,7);1H3,(H,3,4);3H;3H;/q;;;;;;;;;+1/p-1. The van der Waals surface area contributed by atoms with Crippen LogP contribution < -0.4 is 34.8 Å². The third-order valence-electron chi connectivity index (χ3n) is 14.1. The summed E-state index contributed by atoms with van der Waals surface area (Å²) in [6, 6.07) is 40.6. The van der Waals surface area contributed by atoms with Crippen LogP contribution >= 0.6 is 44.7 Å². The van der Waals surface area contributed by atoms with Crippen molar-refractivity contribution in [2.45, 2.75) is 47.7 Å². The van der Waals surface area contributed by atoms with E-state index in [1.54, 1.807) is 30.6 Å². The molecule has 0 atom stereocenters. The first-order valence-corrected chi connectivity index (χ1v) is 29.8. The number of benzene rings is 5. The van der Waals surface area contributed by atoms with Gasteiger partial charge in [-0.05, 0) is 117 Å². The van der Waals surface area contributed by atoms with Crippen molar-refractivity contribution in [3.63, 3.8) is 0 Å². The molecule has 15 aromatic rings. The number of hydrogen-bond acceptors (Lipinski definition) is 17. The molecule has 33 heteroatoms. The predicted octanol–water partition coefficient (Wildman–Crippen LogP) is 13.3. The molecule has 10 aromatic heterocycles. The smallest absolute Gasteiger partial charge is 1.00 e. The Morgan fingerprint density at radius 3 is 1.27 bits per heavy atom. The number of pyridine rings is 5. The van der Waals surface area contributed by atoms with Crippen LogP contribution in [-0.2, 0) is 14.6 Å². The summed E-state index contributed by atoms with van der Waals surface area (Å²) >= 11 is 10.2. The number of hydrogen-bond donors (Lipinski definition) is 8. The van der Waals surface area contributed by atoms with Crippen LogP contribution in [0.3, 0.4) is 0 Å². The van der Waals surface area contributed by atoms with Crippen LogP contribution in [0.2, 0.25) is 0 Å². The number of carbonyl (C=O) groups is 2. The number of aliphatic carboxylic acids is 2. The van der Waals surface area contributed by atoms with Crippen LogP contribution in [0, 0.1) is 59.8 Å². The van der Waals surface area contributed by atoms with Crippen LogP contribution in [0.25, 0.3) is 109 Å². The van der Waals surface area contributed by atoms with E-state index in [0.29, 0.717) is 5.52 Å². The van der Waals surface area contributed by atoms with E-state index in [-0.39, 0.29) is 50.8 Å². The van der Waals surface area contributed by atoms with Crippen molar-refractivity contribution < 1.29 is 82.6 Å². The molecule has 10 heterocycles. The number of thiol groups is 1. The van der Waals surface area contributed by atoms with Crippen LogP contribution in [0.1, 0.15) is 35.4 Å². The van der Waals surface area contributed by atoms with E-state index in [1.165, 1.54) is 55.3 Å². The van der Waals surface area contributed by atoms with Crippen LogP contribution in [-0.4, -0.2) is 95.7 Å². The Balaban J connectivity index is 0.000000180. The summed E-state index contributed by atoms with van der Waals surface area (Å²) in [7, 11) is 4.34. The second-order valence-electron chi connectivity index (χ2n) is 20.1. The minimum absolute atomic E-state index is 0. The van der Waals surface area contributed by atoms with Crippen molar-refractivity contribution in [1.29, 1.82) is 0 Å². The van der Waals surface area contributed by atoms with Crippen LogP contribution in [0.5, 0.6) is 0 Å². The van der Waals surface area contributed by atoms with E-state index in [2.05, 4.69) is 160 Å². The summed E-state index contributed by atoms with van der Waals surface area (Å²) in [5, 5.41) is 57.1. The van der Waals surface area contributed by atoms with Gasteiger partial charge < -0.3 is 45.4 Å². The van der Waals surface area contributed by atoms with Gasteiger partial charge in [0.05, 0.1) is 71.4 Å². The molecule has 25 nitrogen and oxygen atoms in total. The van der Waals surface area contributed by atoms with Crippen LogP contribution in [0.4, 0.5) is 24.5 Å². The SMILES string of the molecule is CC(=O)O.Cc1nccc2c1[nH]c1c(Br)cccc12.Cc1nccc2c1[nH]c1c([N+](=O)[O-])cccc12.Cc1nccc2c1[nH]c1ccc(Br)cc12.Cc1nccc2c1[nH]c1ccc([N+](=O)[O-])cc12.Cc1nccc2c1[nH]c1ccccc12.O=C(O)C(F)(F)F.O=NO[O-].[B]=NS.[Na+]. The minimum Gasteiger partial charge on any atom is 1.00 e. The largest absolute Gasteiger partial charge is 1.00 e. The topological polar surface area (TPSA) is 378 Å². The third kappa shape index (κ3) is 18.7. The van der Waals surface area contributed by atoms with Crippen molar-refractivity contribution in [1.82, 2.24) is 49.8 Å². The second kappa shape index (κ2) is 34.5. The van der Waals surface area contributed by atoms with Gasteiger partial charge in [-0.15, -0.1) is 4.91 Å². The van der Waals surface area contributed by atoms with Gasteiger partial charge in [-0.1, -0.05) is 58.4 Å². The number of nitrogens with zero attached hydrogens (tertiary/aromatic N) is 9. The fourth-order valence-corrected chi connectivity index (χ4v) is 10.8. The first kappa shape index (κ1) is 75.9. The monoisotopic (exact) mass is 1470 g/mol. The zero-order valence-corrected chi connectivity index (χ0v) is 58.1. The molecule has 0 bridgehead atoms. The summed E-state index contributed by atoms with van der Waals surface area (Å²) in [5.74, 6) is -3.59. The number of halogens is 5. The number of nitro groups is 2. The molecule has 0 spiro atoms. The number of H-pyrrole nitrogens is 5. The number of carboxylic acid groups (broad SMARTS) is 2. The molecule has 5 aromatic carbocycles. The van der Waals surface area contributed by atoms with Crippen molar-refractivity contribution in [2.75, 3.05) is 0 Å². The number of nitrogens with one attached hydrogen (secondary N) is 5. The molecule has 97 heavy (non-hydrogen) atoms. The van der Waals surface area contributed by atoms with Crippen LogP contribution in [0.15, 0.2) is 177 Å². The summed E-state index contributed by atoms with van der Waals surface area (Å²) in [6.07, 6.45) is 3.91. The molecule has 489 valence electrons. The molecule has 0 aliphatic rings. The Bertz CT molecular complexity index is 5280. The number of carboxylic acids is 2. The number of aromatic nitrogens is 10. The fourth-order valence-electron chi connectivity index (χ4n) is 9.97. The number of para-hydroxylation sites is 3. The molecule has 0 saturated heterocycles. The van der Waals surface area contributed by atoms with E-state index in [1.807, 2.05) is 102 Å². The zero-order chi connectivity index (χ0) is 70.1. The maximum Gasteiger partial charge on any atom is 1.00 e. The quantitative estimate of drug-likeness (QED) is 0.0203. The first-order chi connectivity index (χ1) is 45.7. The number of nitro benzene ring substituents is 2. The Labute approximate surface area is 591 Å².